The molecule has 0 heterocycles. The van der Waals surface area contributed by atoms with Crippen molar-refractivity contribution < 1.29 is 10.2 Å². The normalized spacial score (nSPS) is 9.33. The number of phenols is 2. The number of hydrogen-bond acceptors (Lipinski definition) is 2. The molecule has 0 aliphatic rings. The summed E-state index contributed by atoms with van der Waals surface area (Å²) in [7, 11) is 0. The van der Waals surface area contributed by atoms with E-state index in [9.17, 15) is 0 Å². The number of aromatic hydroxyl groups is 2. The summed E-state index contributed by atoms with van der Waals surface area (Å²) in [5.41, 5.74) is 2.03. The van der Waals surface area contributed by atoms with Gasteiger partial charge in [0.1, 0.15) is 11.5 Å². The van der Waals surface area contributed by atoms with Crippen LogP contribution in [-0.2, 0) is 0 Å². The van der Waals surface area contributed by atoms with Crippen LogP contribution >= 0.6 is 12.4 Å². The summed E-state index contributed by atoms with van der Waals surface area (Å²) in [6.45, 7) is 0. The Labute approximate surface area is 94.2 Å². The second kappa shape index (κ2) is 4.71. The van der Waals surface area contributed by atoms with Gasteiger partial charge in [0, 0.05) is 0 Å². The Bertz CT molecular complexity index is 377. The first-order valence-corrected chi connectivity index (χ1v) is 4.34. The minimum absolute atomic E-state index is 0. The number of rotatable bonds is 1. The number of phenolic OH excluding ortho intramolecular Hbond substituents is 2. The summed E-state index contributed by atoms with van der Waals surface area (Å²) < 4.78 is 0. The lowest BCUT2D eigenvalue weighted by Crippen LogP contribution is -1.75. The molecule has 2 aromatic rings. The van der Waals surface area contributed by atoms with Crippen LogP contribution in [0.2, 0.25) is 0 Å². The van der Waals surface area contributed by atoms with Gasteiger partial charge in [0.15, 0.2) is 0 Å². The first kappa shape index (κ1) is 11.4. The third-order valence-corrected chi connectivity index (χ3v) is 2.07. The standard InChI is InChI=1S/C12H10O2.ClH/c13-11-5-1-9(2-6-11)10-3-7-12(14)8-4-10;/h1-8,13-14H;1H. The van der Waals surface area contributed by atoms with Gasteiger partial charge in [-0.15, -0.1) is 12.4 Å². The maximum Gasteiger partial charge on any atom is 0.115 e. The molecule has 2 rings (SSSR count). The van der Waals surface area contributed by atoms with Crippen LogP contribution in [0.4, 0.5) is 0 Å². The molecule has 0 radical (unpaired) electrons. The quantitative estimate of drug-likeness (QED) is 0.778. The van der Waals surface area contributed by atoms with E-state index in [1.807, 2.05) is 24.3 Å². The maximum atomic E-state index is 9.11. The van der Waals surface area contributed by atoms with E-state index >= 15 is 0 Å². The summed E-state index contributed by atoms with van der Waals surface area (Å²) in [6.07, 6.45) is 0. The molecule has 15 heavy (non-hydrogen) atoms. The van der Waals surface area contributed by atoms with Gasteiger partial charge in [-0.1, -0.05) is 24.3 Å². The van der Waals surface area contributed by atoms with E-state index in [1.54, 1.807) is 24.3 Å². The minimum Gasteiger partial charge on any atom is -0.508 e. The fourth-order valence-electron chi connectivity index (χ4n) is 1.31. The zero-order chi connectivity index (χ0) is 9.97. The summed E-state index contributed by atoms with van der Waals surface area (Å²) in [4.78, 5) is 0. The summed E-state index contributed by atoms with van der Waals surface area (Å²) in [5.74, 6) is 0.514. The number of halogens is 1. The largest absolute Gasteiger partial charge is 0.508 e. The van der Waals surface area contributed by atoms with E-state index < -0.39 is 0 Å². The molecule has 0 fully saturated rings. The lowest BCUT2D eigenvalue weighted by molar-refractivity contribution is 0.474. The van der Waals surface area contributed by atoms with Gasteiger partial charge >= 0.3 is 0 Å². The molecule has 0 bridgehead atoms. The molecular formula is C12H11ClO2. The predicted molar refractivity (Wildman–Crippen MR) is 62.5 cm³/mol. The van der Waals surface area contributed by atoms with Crippen molar-refractivity contribution in [3.05, 3.63) is 48.5 Å². The maximum absolute atomic E-state index is 9.11. The van der Waals surface area contributed by atoms with Crippen LogP contribution in [-0.4, -0.2) is 10.2 Å². The lowest BCUT2D eigenvalue weighted by Gasteiger charge is -2.01. The van der Waals surface area contributed by atoms with Crippen LogP contribution in [0.15, 0.2) is 48.5 Å². The topological polar surface area (TPSA) is 40.5 Å². The average Bonchev–Trinajstić information content (AvgIpc) is 2.21. The third-order valence-electron chi connectivity index (χ3n) is 2.07. The van der Waals surface area contributed by atoms with Gasteiger partial charge < -0.3 is 10.2 Å². The van der Waals surface area contributed by atoms with Crippen molar-refractivity contribution in [2.45, 2.75) is 0 Å². The Morgan fingerprint density at radius 1 is 0.533 bits per heavy atom. The first-order valence-electron chi connectivity index (χ1n) is 4.34. The van der Waals surface area contributed by atoms with Crippen LogP contribution in [0.1, 0.15) is 0 Å². The molecule has 2 N–H and O–H groups in total. The second-order valence-corrected chi connectivity index (χ2v) is 3.09. The Morgan fingerprint density at radius 2 is 0.800 bits per heavy atom. The molecule has 2 aromatic carbocycles. The van der Waals surface area contributed by atoms with Crippen molar-refractivity contribution in [1.29, 1.82) is 0 Å². The summed E-state index contributed by atoms with van der Waals surface area (Å²) in [5, 5.41) is 18.2. The highest BCUT2D eigenvalue weighted by Gasteiger charge is 1.96. The average molecular weight is 223 g/mol. The fourth-order valence-corrected chi connectivity index (χ4v) is 1.31. The highest BCUT2D eigenvalue weighted by Crippen LogP contribution is 2.23. The Morgan fingerprint density at radius 3 is 1.07 bits per heavy atom. The van der Waals surface area contributed by atoms with Crippen LogP contribution < -0.4 is 0 Å². The minimum atomic E-state index is 0. The lowest BCUT2D eigenvalue weighted by atomic mass is 10.1. The molecule has 0 aliphatic carbocycles. The van der Waals surface area contributed by atoms with E-state index in [1.165, 1.54) is 0 Å². The van der Waals surface area contributed by atoms with Crippen molar-refractivity contribution in [2.24, 2.45) is 0 Å². The van der Waals surface area contributed by atoms with E-state index in [0.717, 1.165) is 11.1 Å². The van der Waals surface area contributed by atoms with Gasteiger partial charge in [-0.25, -0.2) is 0 Å². The van der Waals surface area contributed by atoms with Gasteiger partial charge in [-0.05, 0) is 35.4 Å². The third kappa shape index (κ3) is 2.64. The zero-order valence-electron chi connectivity index (χ0n) is 7.92. The van der Waals surface area contributed by atoms with Gasteiger partial charge in [0.05, 0.1) is 0 Å². The summed E-state index contributed by atoms with van der Waals surface area (Å²) >= 11 is 0. The van der Waals surface area contributed by atoms with Gasteiger partial charge in [0.25, 0.3) is 0 Å². The highest BCUT2D eigenvalue weighted by atomic mass is 35.5. The monoisotopic (exact) mass is 222 g/mol. The van der Waals surface area contributed by atoms with Crippen molar-refractivity contribution in [3.63, 3.8) is 0 Å². The van der Waals surface area contributed by atoms with Crippen molar-refractivity contribution >= 4 is 12.4 Å². The second-order valence-electron chi connectivity index (χ2n) is 3.09. The molecule has 0 spiro atoms. The van der Waals surface area contributed by atoms with Crippen LogP contribution in [0.5, 0.6) is 11.5 Å². The van der Waals surface area contributed by atoms with Gasteiger partial charge in [-0.2, -0.15) is 0 Å². The van der Waals surface area contributed by atoms with Gasteiger partial charge in [0.2, 0.25) is 0 Å². The van der Waals surface area contributed by atoms with Gasteiger partial charge in [-0.3, -0.25) is 0 Å². The molecule has 0 aromatic heterocycles. The molecule has 2 nitrogen and oxygen atoms in total. The SMILES string of the molecule is Cl.Oc1ccc(-c2ccc(O)cc2)cc1. The Balaban J connectivity index is 0.00000112. The number of benzene rings is 2. The van der Waals surface area contributed by atoms with E-state index in [-0.39, 0.29) is 23.9 Å². The molecule has 0 unspecified atom stereocenters. The van der Waals surface area contributed by atoms with E-state index in [2.05, 4.69) is 0 Å². The molecule has 3 heteroatoms. The van der Waals surface area contributed by atoms with Crippen LogP contribution in [0.25, 0.3) is 11.1 Å². The molecule has 0 saturated carbocycles. The number of hydrogen-bond donors (Lipinski definition) is 2. The Kier molecular flexibility index (Phi) is 3.58. The highest BCUT2D eigenvalue weighted by molar-refractivity contribution is 5.85. The Hall–Kier alpha value is -1.67. The van der Waals surface area contributed by atoms with Crippen molar-refractivity contribution in [1.82, 2.24) is 0 Å². The van der Waals surface area contributed by atoms with Crippen LogP contribution in [0, 0.1) is 0 Å². The molecule has 0 saturated heterocycles. The first-order chi connectivity index (χ1) is 6.75. The zero-order valence-corrected chi connectivity index (χ0v) is 8.74. The molecule has 0 amide bonds. The van der Waals surface area contributed by atoms with Crippen LogP contribution in [0.3, 0.4) is 0 Å². The molecule has 0 atom stereocenters. The van der Waals surface area contributed by atoms with Crippen molar-refractivity contribution in [3.8, 4) is 22.6 Å². The smallest absolute Gasteiger partial charge is 0.115 e. The summed E-state index contributed by atoms with van der Waals surface area (Å²) in [6, 6.07) is 13.9. The predicted octanol–water partition coefficient (Wildman–Crippen LogP) is 3.19. The fraction of sp³-hybridized carbons (Fsp3) is 0. The molecule has 78 valence electrons. The van der Waals surface area contributed by atoms with E-state index in [0.29, 0.717) is 0 Å². The molecular weight excluding hydrogens is 212 g/mol. The van der Waals surface area contributed by atoms with E-state index in [4.69, 9.17) is 10.2 Å². The molecule has 0 aliphatic heterocycles. The van der Waals surface area contributed by atoms with Crippen molar-refractivity contribution in [2.75, 3.05) is 0 Å².